The normalized spacial score (nSPS) is 14.2. The van der Waals surface area contributed by atoms with E-state index in [9.17, 15) is 9.59 Å². The topological polar surface area (TPSA) is 61.4 Å². The monoisotopic (exact) mass is 421 g/mol. The summed E-state index contributed by atoms with van der Waals surface area (Å²) >= 11 is 1.44. The average molecular weight is 422 g/mol. The molecule has 2 aromatic rings. The lowest BCUT2D eigenvalue weighted by atomic mass is 9.93. The Labute approximate surface area is 176 Å². The van der Waals surface area contributed by atoms with Crippen LogP contribution in [-0.4, -0.2) is 36.9 Å². The first-order valence-corrected chi connectivity index (χ1v) is 10.4. The van der Waals surface area contributed by atoms with Crippen LogP contribution in [0.4, 0.5) is 5.69 Å². The van der Waals surface area contributed by atoms with Gasteiger partial charge in [-0.1, -0.05) is 24.3 Å². The molecule has 0 unspecified atom stereocenters. The third kappa shape index (κ3) is 6.33. The van der Waals surface area contributed by atoms with E-state index in [0.717, 1.165) is 48.5 Å². The molecule has 1 aromatic heterocycles. The van der Waals surface area contributed by atoms with E-state index in [1.165, 1.54) is 11.3 Å². The summed E-state index contributed by atoms with van der Waals surface area (Å²) in [6.07, 6.45) is 3.79. The Balaban J connectivity index is 0.00000280. The highest BCUT2D eigenvalue weighted by Gasteiger charge is 2.17. The molecule has 0 spiro atoms. The van der Waals surface area contributed by atoms with E-state index in [0.29, 0.717) is 18.9 Å². The molecule has 0 radical (unpaired) electrons. The van der Waals surface area contributed by atoms with Crippen LogP contribution in [0.2, 0.25) is 0 Å². The van der Waals surface area contributed by atoms with Gasteiger partial charge in [-0.15, -0.1) is 23.7 Å². The molecule has 28 heavy (non-hydrogen) atoms. The first kappa shape index (κ1) is 22.4. The van der Waals surface area contributed by atoms with Gasteiger partial charge in [0.2, 0.25) is 5.91 Å². The molecule has 2 N–H and O–H groups in total. The number of benzene rings is 1. The molecule has 1 aliphatic heterocycles. The molecule has 152 valence electrons. The number of hydrogen-bond donors (Lipinski definition) is 2. The Morgan fingerprint density at radius 1 is 1.18 bits per heavy atom. The molecular weight excluding hydrogens is 394 g/mol. The number of nitrogens with zero attached hydrogens (tertiary/aromatic N) is 1. The van der Waals surface area contributed by atoms with Crippen LogP contribution in [0.15, 0.2) is 41.8 Å². The van der Waals surface area contributed by atoms with Crippen LogP contribution >= 0.6 is 23.7 Å². The second-order valence-electron chi connectivity index (χ2n) is 7.08. The minimum absolute atomic E-state index is 0. The molecular formula is C21H28ClN3O2S. The number of amides is 2. The van der Waals surface area contributed by atoms with E-state index in [-0.39, 0.29) is 24.2 Å². The first-order chi connectivity index (χ1) is 13.1. The zero-order valence-electron chi connectivity index (χ0n) is 16.1. The predicted octanol–water partition coefficient (Wildman–Crippen LogP) is 4.16. The zero-order valence-corrected chi connectivity index (χ0v) is 17.8. The van der Waals surface area contributed by atoms with Gasteiger partial charge in [0.25, 0.3) is 5.91 Å². The van der Waals surface area contributed by atoms with E-state index in [1.54, 1.807) is 11.9 Å². The van der Waals surface area contributed by atoms with Gasteiger partial charge < -0.3 is 15.5 Å². The van der Waals surface area contributed by atoms with Gasteiger partial charge in [0, 0.05) is 25.7 Å². The van der Waals surface area contributed by atoms with Gasteiger partial charge in [0.15, 0.2) is 0 Å². The highest BCUT2D eigenvalue weighted by atomic mass is 35.5. The van der Waals surface area contributed by atoms with Gasteiger partial charge in [-0.25, -0.2) is 0 Å². The van der Waals surface area contributed by atoms with Crippen LogP contribution in [0.3, 0.4) is 0 Å². The molecule has 0 bridgehead atoms. The summed E-state index contributed by atoms with van der Waals surface area (Å²) in [5.41, 5.74) is 1.73. The Bertz CT molecular complexity index is 761. The standard InChI is InChI=1S/C21H27N3O2S.ClH/c1-24(21(26)19-7-4-14-27-19)15-17-5-2-3-6-18(17)23-20(25)9-8-16-10-12-22-13-11-16;/h2-7,14,16,22H,8-13,15H2,1H3,(H,23,25);1H. The van der Waals surface area contributed by atoms with Crippen LogP contribution < -0.4 is 10.6 Å². The molecule has 3 rings (SSSR count). The average Bonchev–Trinajstić information content (AvgIpc) is 3.23. The lowest BCUT2D eigenvalue weighted by molar-refractivity contribution is -0.116. The van der Waals surface area contributed by atoms with E-state index in [1.807, 2.05) is 41.8 Å². The summed E-state index contributed by atoms with van der Waals surface area (Å²) < 4.78 is 0. The number of thiophene rings is 1. The van der Waals surface area contributed by atoms with Crippen molar-refractivity contribution in [3.63, 3.8) is 0 Å². The van der Waals surface area contributed by atoms with Crippen molar-refractivity contribution in [1.82, 2.24) is 10.2 Å². The van der Waals surface area contributed by atoms with E-state index >= 15 is 0 Å². The fourth-order valence-corrected chi connectivity index (χ4v) is 4.13. The number of rotatable bonds is 7. The van der Waals surface area contributed by atoms with Crippen LogP contribution in [0.5, 0.6) is 0 Å². The minimum atomic E-state index is -0.00274. The fourth-order valence-electron chi connectivity index (χ4n) is 3.41. The Morgan fingerprint density at radius 2 is 1.93 bits per heavy atom. The maximum absolute atomic E-state index is 12.5. The van der Waals surface area contributed by atoms with Gasteiger partial charge in [-0.3, -0.25) is 9.59 Å². The summed E-state index contributed by atoms with van der Waals surface area (Å²) in [7, 11) is 1.79. The lowest BCUT2D eigenvalue weighted by Gasteiger charge is -2.22. The van der Waals surface area contributed by atoms with Gasteiger partial charge in [0.05, 0.1) is 4.88 Å². The number of anilines is 1. The second-order valence-corrected chi connectivity index (χ2v) is 8.02. The number of hydrogen-bond acceptors (Lipinski definition) is 4. The van der Waals surface area contributed by atoms with Crippen LogP contribution in [0.1, 0.15) is 40.9 Å². The smallest absolute Gasteiger partial charge is 0.263 e. The lowest BCUT2D eigenvalue weighted by Crippen LogP contribution is -2.28. The van der Waals surface area contributed by atoms with E-state index in [2.05, 4.69) is 10.6 Å². The van der Waals surface area contributed by atoms with Crippen molar-refractivity contribution < 1.29 is 9.59 Å². The van der Waals surface area contributed by atoms with Crippen LogP contribution in [0.25, 0.3) is 0 Å². The largest absolute Gasteiger partial charge is 0.337 e. The number of piperidine rings is 1. The van der Waals surface area contributed by atoms with Crippen molar-refractivity contribution in [3.05, 3.63) is 52.2 Å². The van der Waals surface area contributed by atoms with E-state index < -0.39 is 0 Å². The summed E-state index contributed by atoms with van der Waals surface area (Å²) in [5, 5.41) is 8.29. The summed E-state index contributed by atoms with van der Waals surface area (Å²) in [4.78, 5) is 27.3. The van der Waals surface area contributed by atoms with Gasteiger partial charge in [-0.2, -0.15) is 0 Å². The third-order valence-electron chi connectivity index (χ3n) is 5.02. The van der Waals surface area contributed by atoms with Crippen LogP contribution in [0, 0.1) is 5.92 Å². The predicted molar refractivity (Wildman–Crippen MR) is 117 cm³/mol. The SMILES string of the molecule is CN(Cc1ccccc1NC(=O)CCC1CCNCC1)C(=O)c1cccs1.Cl. The number of nitrogens with one attached hydrogen (secondary N) is 2. The minimum Gasteiger partial charge on any atom is -0.337 e. The summed E-state index contributed by atoms with van der Waals surface area (Å²) in [5.74, 6) is 0.687. The second kappa shape index (κ2) is 11.2. The van der Waals surface area contributed by atoms with Crippen LogP contribution in [-0.2, 0) is 11.3 Å². The van der Waals surface area contributed by atoms with Crippen molar-refractivity contribution in [3.8, 4) is 0 Å². The molecule has 0 saturated carbocycles. The molecule has 7 heteroatoms. The number of carbonyl (C=O) groups is 2. The molecule has 2 amide bonds. The third-order valence-corrected chi connectivity index (χ3v) is 5.87. The van der Waals surface area contributed by atoms with E-state index in [4.69, 9.17) is 0 Å². The van der Waals surface area contributed by atoms with Gasteiger partial charge in [0.1, 0.15) is 0 Å². The van der Waals surface area contributed by atoms with Gasteiger partial charge in [-0.05, 0) is 61.3 Å². The molecule has 2 heterocycles. The molecule has 1 saturated heterocycles. The first-order valence-electron chi connectivity index (χ1n) is 9.51. The molecule has 1 fully saturated rings. The highest BCUT2D eigenvalue weighted by molar-refractivity contribution is 7.12. The maximum Gasteiger partial charge on any atom is 0.263 e. The molecule has 0 atom stereocenters. The summed E-state index contributed by atoms with van der Waals surface area (Å²) in [6.45, 7) is 2.57. The zero-order chi connectivity index (χ0) is 19.1. The van der Waals surface area contributed by atoms with Gasteiger partial charge >= 0.3 is 0 Å². The molecule has 0 aliphatic carbocycles. The van der Waals surface area contributed by atoms with Crippen molar-refractivity contribution in [2.45, 2.75) is 32.2 Å². The Kier molecular flexibility index (Phi) is 8.96. The number of halogens is 1. The molecule has 1 aliphatic rings. The highest BCUT2D eigenvalue weighted by Crippen LogP contribution is 2.21. The fraction of sp³-hybridized carbons (Fsp3) is 0.429. The molecule has 1 aromatic carbocycles. The molecule has 5 nitrogen and oxygen atoms in total. The van der Waals surface area contributed by atoms with Crippen molar-refractivity contribution in [2.24, 2.45) is 5.92 Å². The Morgan fingerprint density at radius 3 is 2.64 bits per heavy atom. The number of para-hydroxylation sites is 1. The van der Waals surface area contributed by atoms with Crippen molar-refractivity contribution in [2.75, 3.05) is 25.5 Å². The number of carbonyl (C=O) groups excluding carboxylic acids is 2. The maximum atomic E-state index is 12.5. The van der Waals surface area contributed by atoms with Crippen molar-refractivity contribution in [1.29, 1.82) is 0 Å². The summed E-state index contributed by atoms with van der Waals surface area (Å²) in [6, 6.07) is 11.4. The quantitative estimate of drug-likeness (QED) is 0.705. The Hall–Kier alpha value is -1.89. The van der Waals surface area contributed by atoms with Crippen molar-refractivity contribution >= 4 is 41.2 Å².